The number of nitriles is 1. The van der Waals surface area contributed by atoms with Crippen molar-refractivity contribution in [2.45, 2.75) is 33.1 Å². The van der Waals surface area contributed by atoms with Gasteiger partial charge in [0.2, 0.25) is 5.91 Å². The van der Waals surface area contributed by atoms with Gasteiger partial charge in [0.25, 0.3) is 0 Å². The van der Waals surface area contributed by atoms with Gasteiger partial charge in [0.1, 0.15) is 0 Å². The van der Waals surface area contributed by atoms with Crippen molar-refractivity contribution in [3.05, 3.63) is 47.1 Å². The van der Waals surface area contributed by atoms with Crippen LogP contribution in [0.2, 0.25) is 0 Å². The molecule has 0 N–H and O–H groups in total. The Morgan fingerprint density at radius 1 is 1.39 bits per heavy atom. The number of nitrogens with zero attached hydrogens (tertiary/aromatic N) is 2. The van der Waals surface area contributed by atoms with E-state index in [9.17, 15) is 18.8 Å². The number of carbonyl (C=O) groups is 1. The number of rotatable bonds is 4. The quantitative estimate of drug-likeness (QED) is 0.612. The molecule has 1 fully saturated rings. The highest BCUT2D eigenvalue weighted by Gasteiger charge is 2.27. The summed E-state index contributed by atoms with van der Waals surface area (Å²) in [6, 6.07) is 4.85. The Hall–Kier alpha value is -2.48. The lowest BCUT2D eigenvalue weighted by Crippen LogP contribution is -2.25. The number of halogens is 2. The Balaban J connectivity index is 2.50. The lowest BCUT2D eigenvalue weighted by Gasteiger charge is -2.18. The topological polar surface area (TPSA) is 44.1 Å². The molecule has 0 radical (unpaired) electrons. The summed E-state index contributed by atoms with van der Waals surface area (Å²) in [5.41, 5.74) is 0.646. The molecule has 0 unspecified atom stereocenters. The van der Waals surface area contributed by atoms with Crippen LogP contribution in [0.5, 0.6) is 0 Å². The molecule has 5 heteroatoms. The van der Waals surface area contributed by atoms with Crippen LogP contribution < -0.4 is 4.90 Å². The van der Waals surface area contributed by atoms with Gasteiger partial charge in [-0.3, -0.25) is 4.79 Å². The first-order valence-electron chi connectivity index (χ1n) is 7.60. The molecule has 0 spiro atoms. The van der Waals surface area contributed by atoms with Gasteiger partial charge in [-0.15, -0.1) is 0 Å². The van der Waals surface area contributed by atoms with Crippen LogP contribution in [-0.2, 0) is 4.79 Å². The fraction of sp³-hybridized carbons (Fsp3) is 0.333. The summed E-state index contributed by atoms with van der Waals surface area (Å²) in [6.45, 7) is 3.93. The summed E-state index contributed by atoms with van der Waals surface area (Å²) >= 11 is 0. The van der Waals surface area contributed by atoms with E-state index in [2.05, 4.69) is 0 Å². The standard InChI is InChI=1S/C18H18F2N2O/c1-3-6-12(11-21)13(4-2)14-8-9-15(18(20)17(14)19)22-10-5-7-16(22)23/h4,6,8-9H,3,5,7,10H2,1-2H3/b12-6-,13-4+. The smallest absolute Gasteiger partial charge is 0.227 e. The Bertz CT molecular complexity index is 729. The summed E-state index contributed by atoms with van der Waals surface area (Å²) in [4.78, 5) is 13.0. The van der Waals surface area contributed by atoms with Crippen molar-refractivity contribution >= 4 is 17.2 Å². The van der Waals surface area contributed by atoms with Gasteiger partial charge in [-0.05, 0) is 37.5 Å². The zero-order valence-corrected chi connectivity index (χ0v) is 13.2. The fourth-order valence-electron chi connectivity index (χ4n) is 2.73. The molecule has 1 saturated heterocycles. The van der Waals surface area contributed by atoms with Crippen LogP contribution in [0.25, 0.3) is 5.57 Å². The van der Waals surface area contributed by atoms with E-state index in [1.807, 2.05) is 13.0 Å². The van der Waals surface area contributed by atoms with Crippen LogP contribution >= 0.6 is 0 Å². The monoisotopic (exact) mass is 316 g/mol. The summed E-state index contributed by atoms with van der Waals surface area (Å²) in [7, 11) is 0. The molecule has 1 aromatic carbocycles. The third kappa shape index (κ3) is 3.16. The van der Waals surface area contributed by atoms with Gasteiger partial charge in [0.15, 0.2) is 11.6 Å². The van der Waals surface area contributed by atoms with Gasteiger partial charge >= 0.3 is 0 Å². The Morgan fingerprint density at radius 3 is 2.65 bits per heavy atom. The molecule has 120 valence electrons. The first-order chi connectivity index (χ1) is 11.0. The molecule has 0 atom stereocenters. The molecule has 1 amide bonds. The molecular formula is C18H18F2N2O. The van der Waals surface area contributed by atoms with E-state index >= 15 is 0 Å². The van der Waals surface area contributed by atoms with Crippen molar-refractivity contribution in [1.82, 2.24) is 0 Å². The molecule has 1 aliphatic rings. The second kappa shape index (κ2) is 7.19. The number of hydrogen-bond acceptors (Lipinski definition) is 2. The highest BCUT2D eigenvalue weighted by Crippen LogP contribution is 2.32. The SMILES string of the molecule is C/C=C(\C(C#N)=C/CC)c1ccc(N2CCCC2=O)c(F)c1F. The largest absolute Gasteiger partial charge is 0.310 e. The minimum atomic E-state index is -1.05. The Labute approximate surface area is 134 Å². The number of benzene rings is 1. The minimum absolute atomic E-state index is 0.0293. The van der Waals surface area contributed by atoms with Gasteiger partial charge < -0.3 is 4.90 Å². The highest BCUT2D eigenvalue weighted by molar-refractivity contribution is 5.96. The molecule has 1 heterocycles. The third-order valence-electron chi connectivity index (χ3n) is 3.82. The number of carbonyl (C=O) groups excluding carboxylic acids is 1. The van der Waals surface area contributed by atoms with Crippen molar-refractivity contribution in [3.63, 3.8) is 0 Å². The zero-order valence-electron chi connectivity index (χ0n) is 13.2. The summed E-state index contributed by atoms with van der Waals surface area (Å²) in [5.74, 6) is -2.29. The summed E-state index contributed by atoms with van der Waals surface area (Å²) in [6.07, 6.45) is 4.86. The minimum Gasteiger partial charge on any atom is -0.310 e. The van der Waals surface area contributed by atoms with Gasteiger partial charge in [0, 0.05) is 18.5 Å². The van der Waals surface area contributed by atoms with Crippen LogP contribution in [0.1, 0.15) is 38.7 Å². The number of allylic oxidation sites excluding steroid dienone is 4. The number of amides is 1. The third-order valence-corrected chi connectivity index (χ3v) is 3.82. The van der Waals surface area contributed by atoms with Crippen molar-refractivity contribution in [2.24, 2.45) is 0 Å². The zero-order chi connectivity index (χ0) is 17.0. The summed E-state index contributed by atoms with van der Waals surface area (Å²) < 4.78 is 29.0. The lowest BCUT2D eigenvalue weighted by molar-refractivity contribution is -0.117. The second-order valence-electron chi connectivity index (χ2n) is 5.25. The van der Waals surface area contributed by atoms with Crippen LogP contribution in [0.4, 0.5) is 14.5 Å². The van der Waals surface area contributed by atoms with Crippen LogP contribution in [0.15, 0.2) is 29.9 Å². The van der Waals surface area contributed by atoms with Gasteiger partial charge in [-0.25, -0.2) is 8.78 Å². The van der Waals surface area contributed by atoms with E-state index in [1.54, 1.807) is 19.1 Å². The van der Waals surface area contributed by atoms with E-state index in [0.29, 0.717) is 37.0 Å². The molecule has 3 nitrogen and oxygen atoms in total. The van der Waals surface area contributed by atoms with Crippen LogP contribution in [0, 0.1) is 23.0 Å². The highest BCUT2D eigenvalue weighted by atomic mass is 19.2. The molecule has 1 aromatic rings. The van der Waals surface area contributed by atoms with Crippen molar-refractivity contribution < 1.29 is 13.6 Å². The average molecular weight is 316 g/mol. The van der Waals surface area contributed by atoms with E-state index in [0.717, 1.165) is 0 Å². The lowest BCUT2D eigenvalue weighted by atomic mass is 9.96. The molecule has 0 aromatic heterocycles. The van der Waals surface area contributed by atoms with E-state index in [1.165, 1.54) is 17.0 Å². The normalized spacial score (nSPS) is 16.0. The molecule has 1 aliphatic heterocycles. The predicted octanol–water partition coefficient (Wildman–Crippen LogP) is 4.35. The molecule has 0 saturated carbocycles. The molecule has 0 bridgehead atoms. The maximum Gasteiger partial charge on any atom is 0.227 e. The molecule has 23 heavy (non-hydrogen) atoms. The molecule has 0 aliphatic carbocycles. The molecule has 2 rings (SSSR count). The average Bonchev–Trinajstić information content (AvgIpc) is 2.97. The fourth-order valence-corrected chi connectivity index (χ4v) is 2.73. The van der Waals surface area contributed by atoms with Crippen molar-refractivity contribution in [3.8, 4) is 6.07 Å². The second-order valence-corrected chi connectivity index (χ2v) is 5.25. The summed E-state index contributed by atoms with van der Waals surface area (Å²) in [5, 5.41) is 9.21. The molecular weight excluding hydrogens is 298 g/mol. The maximum absolute atomic E-state index is 14.5. The van der Waals surface area contributed by atoms with Crippen LogP contribution in [-0.4, -0.2) is 12.5 Å². The van der Waals surface area contributed by atoms with E-state index in [-0.39, 0.29) is 17.2 Å². The van der Waals surface area contributed by atoms with E-state index < -0.39 is 11.6 Å². The first kappa shape index (κ1) is 16.9. The van der Waals surface area contributed by atoms with E-state index in [4.69, 9.17) is 0 Å². The van der Waals surface area contributed by atoms with Crippen LogP contribution in [0.3, 0.4) is 0 Å². The van der Waals surface area contributed by atoms with Gasteiger partial charge in [0.05, 0.1) is 17.3 Å². The van der Waals surface area contributed by atoms with Crippen molar-refractivity contribution in [2.75, 3.05) is 11.4 Å². The van der Waals surface area contributed by atoms with Gasteiger partial charge in [-0.1, -0.05) is 19.1 Å². The Kier molecular flexibility index (Phi) is 5.28. The first-order valence-corrected chi connectivity index (χ1v) is 7.60. The Morgan fingerprint density at radius 2 is 2.13 bits per heavy atom. The predicted molar refractivity (Wildman–Crippen MR) is 85.6 cm³/mol. The maximum atomic E-state index is 14.5. The number of hydrogen-bond donors (Lipinski definition) is 0. The van der Waals surface area contributed by atoms with Crippen molar-refractivity contribution in [1.29, 1.82) is 5.26 Å². The number of anilines is 1. The van der Waals surface area contributed by atoms with Gasteiger partial charge in [-0.2, -0.15) is 5.26 Å².